The molecule has 0 radical (unpaired) electrons. The van der Waals surface area contributed by atoms with E-state index in [9.17, 15) is 9.18 Å². The molecule has 1 aromatic rings. The van der Waals surface area contributed by atoms with Gasteiger partial charge in [-0.05, 0) is 30.5 Å². The van der Waals surface area contributed by atoms with Gasteiger partial charge in [0.2, 0.25) is 0 Å². The first-order chi connectivity index (χ1) is 8.65. The average Bonchev–Trinajstić information content (AvgIpc) is 2.37. The number of carbonyl (C=O) groups is 1. The summed E-state index contributed by atoms with van der Waals surface area (Å²) >= 11 is 0. The maximum atomic E-state index is 13.4. The molecule has 0 heterocycles. The maximum Gasteiger partial charge on any atom is 0.188 e. The van der Waals surface area contributed by atoms with Crippen LogP contribution < -0.4 is 0 Å². The molecule has 0 fully saturated rings. The highest BCUT2D eigenvalue weighted by Crippen LogP contribution is 2.12. The number of carbonyl (C=O) groups excluding carboxylic acids is 1. The van der Waals surface area contributed by atoms with Gasteiger partial charge < -0.3 is 0 Å². The van der Waals surface area contributed by atoms with Gasteiger partial charge in [0.05, 0.1) is 5.56 Å². The fourth-order valence-electron chi connectivity index (χ4n) is 1.82. The smallest absolute Gasteiger partial charge is 0.188 e. The lowest BCUT2D eigenvalue weighted by Crippen LogP contribution is -1.99. The molecule has 2 heteroatoms. The predicted octanol–water partition coefficient (Wildman–Crippen LogP) is 4.78. The van der Waals surface area contributed by atoms with Crippen LogP contribution in [0.15, 0.2) is 36.4 Å². The third-order valence-corrected chi connectivity index (χ3v) is 2.98. The van der Waals surface area contributed by atoms with Gasteiger partial charge in [-0.15, -0.1) is 0 Å². The third-order valence-electron chi connectivity index (χ3n) is 2.98. The van der Waals surface area contributed by atoms with Crippen molar-refractivity contribution in [2.75, 3.05) is 0 Å². The number of benzene rings is 1. The van der Waals surface area contributed by atoms with E-state index in [1.807, 2.05) is 6.08 Å². The largest absolute Gasteiger partial charge is 0.289 e. The van der Waals surface area contributed by atoms with Gasteiger partial charge in [-0.3, -0.25) is 4.79 Å². The third kappa shape index (κ3) is 4.82. The Hall–Kier alpha value is -1.44. The average molecular weight is 248 g/mol. The van der Waals surface area contributed by atoms with E-state index in [2.05, 4.69) is 13.8 Å². The summed E-state index contributed by atoms with van der Waals surface area (Å²) in [6.45, 7) is 4.25. The summed E-state index contributed by atoms with van der Waals surface area (Å²) in [5, 5.41) is 0. The van der Waals surface area contributed by atoms with E-state index >= 15 is 0 Å². The summed E-state index contributed by atoms with van der Waals surface area (Å²) in [5.74, 6) is -0.339. The summed E-state index contributed by atoms with van der Waals surface area (Å²) in [4.78, 5) is 11.8. The second kappa shape index (κ2) is 7.80. The number of unbranched alkanes of at least 4 members (excludes halogenated alkanes) is 2. The summed E-state index contributed by atoms with van der Waals surface area (Å²) in [6.07, 6.45) is 8.05. The van der Waals surface area contributed by atoms with Crippen LogP contribution in [0.1, 0.15) is 49.9 Å². The molecule has 0 spiro atoms. The van der Waals surface area contributed by atoms with Crippen LogP contribution in [0.4, 0.5) is 4.39 Å². The molecule has 98 valence electrons. The van der Waals surface area contributed by atoms with Crippen molar-refractivity contribution >= 4 is 5.78 Å². The Morgan fingerprint density at radius 1 is 1.33 bits per heavy atom. The molecule has 0 aliphatic rings. The van der Waals surface area contributed by atoms with Crippen molar-refractivity contribution in [1.82, 2.24) is 0 Å². The van der Waals surface area contributed by atoms with Crippen LogP contribution in [0.5, 0.6) is 0 Å². The first-order valence-corrected chi connectivity index (χ1v) is 6.62. The molecule has 1 atom stereocenters. The molecule has 0 saturated carbocycles. The van der Waals surface area contributed by atoms with E-state index in [-0.39, 0.29) is 11.3 Å². The van der Waals surface area contributed by atoms with Crippen molar-refractivity contribution in [2.24, 2.45) is 5.92 Å². The van der Waals surface area contributed by atoms with Gasteiger partial charge in [0.15, 0.2) is 5.78 Å². The van der Waals surface area contributed by atoms with Crippen molar-refractivity contribution in [3.05, 3.63) is 47.8 Å². The van der Waals surface area contributed by atoms with E-state index in [0.717, 1.165) is 6.42 Å². The second-order valence-electron chi connectivity index (χ2n) is 4.68. The number of hydrogen-bond acceptors (Lipinski definition) is 1. The lowest BCUT2D eigenvalue weighted by molar-refractivity contribution is 0.104. The number of ketones is 1. The monoisotopic (exact) mass is 248 g/mol. The Morgan fingerprint density at radius 3 is 2.72 bits per heavy atom. The van der Waals surface area contributed by atoms with Crippen LogP contribution in [0.2, 0.25) is 0 Å². The molecule has 0 bridgehead atoms. The molecule has 0 aliphatic carbocycles. The lowest BCUT2D eigenvalue weighted by Gasteiger charge is -2.04. The zero-order valence-electron chi connectivity index (χ0n) is 11.2. The Balaban J connectivity index is 2.51. The normalized spacial score (nSPS) is 12.8. The number of hydrogen-bond donors (Lipinski definition) is 0. The van der Waals surface area contributed by atoms with Crippen molar-refractivity contribution in [3.63, 3.8) is 0 Å². The zero-order chi connectivity index (χ0) is 13.4. The Kier molecular flexibility index (Phi) is 6.34. The van der Waals surface area contributed by atoms with Crippen LogP contribution in [0, 0.1) is 11.7 Å². The first-order valence-electron chi connectivity index (χ1n) is 6.62. The van der Waals surface area contributed by atoms with Crippen molar-refractivity contribution in [3.8, 4) is 0 Å². The molecule has 1 nitrogen and oxygen atoms in total. The highest BCUT2D eigenvalue weighted by molar-refractivity contribution is 6.04. The highest BCUT2D eigenvalue weighted by Gasteiger charge is 2.07. The first kappa shape index (κ1) is 14.6. The molecular formula is C16H21FO. The summed E-state index contributed by atoms with van der Waals surface area (Å²) in [5.41, 5.74) is 0.148. The topological polar surface area (TPSA) is 17.1 Å². The van der Waals surface area contributed by atoms with Crippen LogP contribution in [0.3, 0.4) is 0 Å². The molecule has 0 aliphatic heterocycles. The standard InChI is InChI=1S/C16H21FO/c1-3-4-5-8-13(2)11-12-16(18)14-9-6-7-10-15(14)17/h6-7,9-13H,3-5,8H2,1-2H3/b12-11+/t13-/m0/s1. The molecule has 18 heavy (non-hydrogen) atoms. The fraction of sp³-hybridized carbons (Fsp3) is 0.438. The van der Waals surface area contributed by atoms with Crippen molar-refractivity contribution in [1.29, 1.82) is 0 Å². The van der Waals surface area contributed by atoms with Gasteiger partial charge in [-0.2, -0.15) is 0 Å². The molecule has 0 unspecified atom stereocenters. The summed E-state index contributed by atoms with van der Waals surface area (Å²) in [7, 11) is 0. The molecule has 0 amide bonds. The van der Waals surface area contributed by atoms with E-state index < -0.39 is 5.82 Å². The number of rotatable bonds is 7. The quantitative estimate of drug-likeness (QED) is 0.385. The molecule has 0 saturated heterocycles. The van der Waals surface area contributed by atoms with Crippen molar-refractivity contribution in [2.45, 2.75) is 39.5 Å². The minimum Gasteiger partial charge on any atom is -0.289 e. The number of halogens is 1. The SMILES string of the molecule is CCCCC[C@H](C)/C=C/C(=O)c1ccccc1F. The predicted molar refractivity (Wildman–Crippen MR) is 73.2 cm³/mol. The van der Waals surface area contributed by atoms with Crippen LogP contribution in [0.25, 0.3) is 0 Å². The van der Waals surface area contributed by atoms with Crippen LogP contribution in [-0.2, 0) is 0 Å². The molecule has 0 N–H and O–H groups in total. The van der Waals surface area contributed by atoms with Gasteiger partial charge in [0, 0.05) is 0 Å². The molecular weight excluding hydrogens is 227 g/mol. The fourth-order valence-corrected chi connectivity index (χ4v) is 1.82. The van der Waals surface area contributed by atoms with Gasteiger partial charge in [0.25, 0.3) is 0 Å². The van der Waals surface area contributed by atoms with Gasteiger partial charge in [0.1, 0.15) is 5.82 Å². The van der Waals surface area contributed by atoms with E-state index in [0.29, 0.717) is 5.92 Å². The molecule has 1 rings (SSSR count). The summed E-state index contributed by atoms with van der Waals surface area (Å²) < 4.78 is 13.4. The highest BCUT2D eigenvalue weighted by atomic mass is 19.1. The maximum absolute atomic E-state index is 13.4. The Morgan fingerprint density at radius 2 is 2.06 bits per heavy atom. The van der Waals surface area contributed by atoms with E-state index in [4.69, 9.17) is 0 Å². The molecule has 0 aromatic heterocycles. The second-order valence-corrected chi connectivity index (χ2v) is 4.68. The van der Waals surface area contributed by atoms with Crippen LogP contribution in [-0.4, -0.2) is 5.78 Å². The Labute approximate surface area is 109 Å². The number of allylic oxidation sites excluding steroid dienone is 2. The van der Waals surface area contributed by atoms with Crippen molar-refractivity contribution < 1.29 is 9.18 Å². The molecule has 1 aromatic carbocycles. The summed E-state index contributed by atoms with van der Waals surface area (Å²) in [6, 6.07) is 6.09. The lowest BCUT2D eigenvalue weighted by atomic mass is 10.0. The minimum absolute atomic E-state index is 0.148. The van der Waals surface area contributed by atoms with E-state index in [1.165, 1.54) is 37.5 Å². The van der Waals surface area contributed by atoms with E-state index in [1.54, 1.807) is 12.1 Å². The van der Waals surface area contributed by atoms with Gasteiger partial charge in [-0.25, -0.2) is 4.39 Å². The van der Waals surface area contributed by atoms with Crippen LogP contribution >= 0.6 is 0 Å². The van der Waals surface area contributed by atoms with Gasteiger partial charge in [-0.1, -0.05) is 51.3 Å². The van der Waals surface area contributed by atoms with Gasteiger partial charge >= 0.3 is 0 Å². The minimum atomic E-state index is -0.453. The Bertz CT molecular complexity index is 409. The zero-order valence-corrected chi connectivity index (χ0v) is 11.2.